The van der Waals surface area contributed by atoms with Crippen molar-refractivity contribution in [2.24, 2.45) is 0 Å². The van der Waals surface area contributed by atoms with Crippen LogP contribution in [0.5, 0.6) is 5.75 Å². The Morgan fingerprint density at radius 2 is 1.65 bits per heavy atom. The fourth-order valence-corrected chi connectivity index (χ4v) is 4.22. The summed E-state index contributed by atoms with van der Waals surface area (Å²) in [6.07, 6.45) is 1.61. The van der Waals surface area contributed by atoms with E-state index in [-0.39, 0.29) is 17.3 Å². The fraction of sp³-hybridized carbons (Fsp3) is 0.0400. The smallest absolute Gasteiger partial charge is 0.266 e. The van der Waals surface area contributed by atoms with E-state index < -0.39 is 17.7 Å². The lowest BCUT2D eigenvalue weighted by Gasteiger charge is -2.16. The van der Waals surface area contributed by atoms with Gasteiger partial charge in [0, 0.05) is 17.3 Å². The van der Waals surface area contributed by atoms with Crippen molar-refractivity contribution >= 4 is 63.2 Å². The van der Waals surface area contributed by atoms with E-state index >= 15 is 0 Å². The zero-order chi connectivity index (χ0) is 23.8. The summed E-state index contributed by atoms with van der Waals surface area (Å²) in [4.78, 5) is 43.2. The van der Waals surface area contributed by atoms with Crippen molar-refractivity contribution < 1.29 is 19.1 Å². The standard InChI is InChI=1S/C25H15Cl2N3O4/c26-18-8-10-21(23-17(18)6-3-11-28-23)34-13-22(31)29-14-7-9-20(19(27)12-14)30-24(32)15-4-1-2-5-16(15)25(30)33/h1-12H,13H2,(H,29,31). The molecule has 4 aromatic rings. The predicted octanol–water partition coefficient (Wildman–Crippen LogP) is 5.36. The van der Waals surface area contributed by atoms with Gasteiger partial charge >= 0.3 is 0 Å². The first kappa shape index (κ1) is 21.9. The Morgan fingerprint density at radius 3 is 2.35 bits per heavy atom. The first-order valence-electron chi connectivity index (χ1n) is 10.2. The molecule has 34 heavy (non-hydrogen) atoms. The van der Waals surface area contributed by atoms with Gasteiger partial charge in [-0.05, 0) is 54.6 Å². The highest BCUT2D eigenvalue weighted by Crippen LogP contribution is 2.35. The van der Waals surface area contributed by atoms with Crippen LogP contribution in [0, 0.1) is 0 Å². The van der Waals surface area contributed by atoms with Crippen molar-refractivity contribution in [2.45, 2.75) is 0 Å². The second kappa shape index (κ2) is 8.78. The number of hydrogen-bond donors (Lipinski definition) is 1. The number of fused-ring (bicyclic) bond motifs is 2. The summed E-state index contributed by atoms with van der Waals surface area (Å²) in [5.74, 6) is -0.897. The van der Waals surface area contributed by atoms with Crippen LogP contribution in [-0.4, -0.2) is 29.3 Å². The number of carbonyl (C=O) groups excluding carboxylic acids is 3. The second-order valence-electron chi connectivity index (χ2n) is 7.44. The summed E-state index contributed by atoms with van der Waals surface area (Å²) >= 11 is 12.6. The van der Waals surface area contributed by atoms with Crippen LogP contribution in [0.3, 0.4) is 0 Å². The lowest BCUT2D eigenvalue weighted by atomic mass is 10.1. The topological polar surface area (TPSA) is 88.6 Å². The number of hydrogen-bond acceptors (Lipinski definition) is 5. The largest absolute Gasteiger partial charge is 0.481 e. The lowest BCUT2D eigenvalue weighted by molar-refractivity contribution is -0.118. The number of imide groups is 1. The molecule has 0 fully saturated rings. The van der Waals surface area contributed by atoms with Gasteiger partial charge in [0.05, 0.1) is 26.9 Å². The summed E-state index contributed by atoms with van der Waals surface area (Å²) in [6, 6.07) is 18.0. The molecule has 7 nitrogen and oxygen atoms in total. The number of nitrogens with one attached hydrogen (secondary N) is 1. The van der Waals surface area contributed by atoms with Crippen molar-refractivity contribution in [1.29, 1.82) is 0 Å². The van der Waals surface area contributed by atoms with Crippen LogP contribution < -0.4 is 15.0 Å². The molecular formula is C25H15Cl2N3O4. The van der Waals surface area contributed by atoms with E-state index in [2.05, 4.69) is 10.3 Å². The molecule has 0 saturated heterocycles. The van der Waals surface area contributed by atoms with Crippen molar-refractivity contribution in [3.05, 3.63) is 94.1 Å². The molecule has 0 atom stereocenters. The monoisotopic (exact) mass is 491 g/mol. The number of anilines is 2. The maximum Gasteiger partial charge on any atom is 0.266 e. The van der Waals surface area contributed by atoms with Gasteiger partial charge in [-0.25, -0.2) is 4.90 Å². The molecular weight excluding hydrogens is 477 g/mol. The molecule has 1 aliphatic rings. The van der Waals surface area contributed by atoms with Gasteiger partial charge in [0.1, 0.15) is 11.3 Å². The molecule has 168 valence electrons. The molecule has 5 rings (SSSR count). The van der Waals surface area contributed by atoms with Gasteiger partial charge in [0.15, 0.2) is 6.61 Å². The summed E-state index contributed by atoms with van der Waals surface area (Å²) in [5.41, 5.74) is 1.82. The summed E-state index contributed by atoms with van der Waals surface area (Å²) in [5, 5.41) is 4.08. The number of halogens is 2. The number of carbonyl (C=O) groups is 3. The van der Waals surface area contributed by atoms with Gasteiger partial charge in [-0.3, -0.25) is 19.4 Å². The molecule has 0 unspecified atom stereocenters. The Bertz CT molecular complexity index is 1450. The number of amides is 3. The van der Waals surface area contributed by atoms with Crippen LogP contribution in [-0.2, 0) is 4.79 Å². The van der Waals surface area contributed by atoms with E-state index in [1.54, 1.807) is 54.7 Å². The van der Waals surface area contributed by atoms with E-state index in [0.717, 1.165) is 10.3 Å². The molecule has 1 N–H and O–H groups in total. The van der Waals surface area contributed by atoms with Crippen LogP contribution in [0.15, 0.2) is 72.9 Å². The molecule has 0 spiro atoms. The van der Waals surface area contributed by atoms with Crippen molar-refractivity contribution in [2.75, 3.05) is 16.8 Å². The molecule has 3 aromatic carbocycles. The molecule has 3 amide bonds. The van der Waals surface area contributed by atoms with Gasteiger partial charge < -0.3 is 10.1 Å². The first-order valence-corrected chi connectivity index (χ1v) is 10.9. The number of rotatable bonds is 5. The minimum Gasteiger partial charge on any atom is -0.481 e. The van der Waals surface area contributed by atoms with Gasteiger partial charge in [-0.15, -0.1) is 0 Å². The number of nitrogens with zero attached hydrogens (tertiary/aromatic N) is 2. The van der Waals surface area contributed by atoms with Crippen LogP contribution >= 0.6 is 23.2 Å². The van der Waals surface area contributed by atoms with Crippen molar-refractivity contribution in [3.8, 4) is 5.75 Å². The Labute approximate surface area is 203 Å². The molecule has 0 saturated carbocycles. The SMILES string of the molecule is O=C(COc1ccc(Cl)c2cccnc12)Nc1ccc(N2C(=O)c3ccccc3C2=O)c(Cl)c1. The lowest BCUT2D eigenvalue weighted by Crippen LogP contribution is -2.29. The van der Waals surface area contributed by atoms with Crippen LogP contribution in [0.4, 0.5) is 11.4 Å². The Morgan fingerprint density at radius 1 is 0.912 bits per heavy atom. The normalized spacial score (nSPS) is 12.7. The number of pyridine rings is 1. The average molecular weight is 492 g/mol. The number of benzene rings is 3. The highest BCUT2D eigenvalue weighted by atomic mass is 35.5. The van der Waals surface area contributed by atoms with E-state index in [9.17, 15) is 14.4 Å². The van der Waals surface area contributed by atoms with Crippen molar-refractivity contribution in [3.63, 3.8) is 0 Å². The van der Waals surface area contributed by atoms with Crippen LogP contribution in [0.1, 0.15) is 20.7 Å². The highest BCUT2D eigenvalue weighted by molar-refractivity contribution is 6.40. The van der Waals surface area contributed by atoms with Crippen molar-refractivity contribution in [1.82, 2.24) is 4.98 Å². The summed E-state index contributed by atoms with van der Waals surface area (Å²) < 4.78 is 5.64. The maximum absolute atomic E-state index is 12.7. The zero-order valence-electron chi connectivity index (χ0n) is 17.4. The Kier molecular flexibility index (Phi) is 5.65. The second-order valence-corrected chi connectivity index (χ2v) is 8.25. The van der Waals surface area contributed by atoms with Gasteiger partial charge in [-0.2, -0.15) is 0 Å². The van der Waals surface area contributed by atoms with E-state index in [4.69, 9.17) is 27.9 Å². The maximum atomic E-state index is 12.7. The average Bonchev–Trinajstić information content (AvgIpc) is 3.09. The summed E-state index contributed by atoms with van der Waals surface area (Å²) in [7, 11) is 0. The molecule has 1 aromatic heterocycles. The molecule has 2 heterocycles. The molecule has 1 aliphatic heterocycles. The minimum atomic E-state index is -0.448. The fourth-order valence-electron chi connectivity index (χ4n) is 3.74. The Balaban J connectivity index is 1.29. The third-order valence-corrected chi connectivity index (χ3v) is 5.94. The quantitative estimate of drug-likeness (QED) is 0.379. The van der Waals surface area contributed by atoms with Crippen LogP contribution in [0.25, 0.3) is 10.9 Å². The third-order valence-electron chi connectivity index (χ3n) is 5.30. The van der Waals surface area contributed by atoms with E-state index in [1.807, 2.05) is 6.07 Å². The van der Waals surface area contributed by atoms with E-state index in [1.165, 1.54) is 12.1 Å². The molecule has 0 aliphatic carbocycles. The Hall–Kier alpha value is -3.94. The van der Waals surface area contributed by atoms with Gasteiger partial charge in [-0.1, -0.05) is 35.3 Å². The number of ether oxygens (including phenoxy) is 1. The third kappa shape index (κ3) is 3.85. The van der Waals surface area contributed by atoms with Gasteiger partial charge in [0.2, 0.25) is 0 Å². The highest BCUT2D eigenvalue weighted by Gasteiger charge is 2.37. The zero-order valence-corrected chi connectivity index (χ0v) is 18.9. The van der Waals surface area contributed by atoms with E-state index in [0.29, 0.717) is 33.1 Å². The molecule has 0 radical (unpaired) electrons. The molecule has 0 bridgehead atoms. The van der Waals surface area contributed by atoms with Gasteiger partial charge in [0.25, 0.3) is 17.7 Å². The van der Waals surface area contributed by atoms with Crippen LogP contribution in [0.2, 0.25) is 10.0 Å². The first-order chi connectivity index (χ1) is 16.4. The number of aromatic nitrogens is 1. The minimum absolute atomic E-state index is 0.140. The molecule has 9 heteroatoms. The summed E-state index contributed by atoms with van der Waals surface area (Å²) in [6.45, 7) is -0.273. The predicted molar refractivity (Wildman–Crippen MR) is 130 cm³/mol.